The van der Waals surface area contributed by atoms with Gasteiger partial charge in [-0.1, -0.05) is 13.8 Å². The Hall–Kier alpha value is -1.13. The third kappa shape index (κ3) is 3.30. The quantitative estimate of drug-likeness (QED) is 0.846. The van der Waals surface area contributed by atoms with Crippen LogP contribution >= 0.6 is 0 Å². The highest BCUT2D eigenvalue weighted by Gasteiger charge is 2.19. The van der Waals surface area contributed by atoms with E-state index in [1.165, 1.54) is 11.3 Å². The first-order valence-electron chi connectivity index (χ1n) is 7.49. The standard InChI is InChI=1S/C16H27N3O/c1-12(2)15-10-14(11-17-16(15)13(3)20-5)19-8-6-18(4)7-9-19/h10-13H,6-9H2,1-5H3/t13-/m0/s1. The maximum atomic E-state index is 5.44. The Labute approximate surface area is 122 Å². The summed E-state index contributed by atoms with van der Waals surface area (Å²) in [5, 5.41) is 0. The minimum atomic E-state index is 0.0499. The molecule has 0 unspecified atom stereocenters. The van der Waals surface area contributed by atoms with Crippen LogP contribution in [0, 0.1) is 0 Å². The van der Waals surface area contributed by atoms with Crippen molar-refractivity contribution in [2.45, 2.75) is 32.8 Å². The van der Waals surface area contributed by atoms with Crippen molar-refractivity contribution in [3.63, 3.8) is 0 Å². The molecule has 20 heavy (non-hydrogen) atoms. The number of rotatable bonds is 4. The van der Waals surface area contributed by atoms with Crippen molar-refractivity contribution in [3.8, 4) is 0 Å². The number of piperazine rings is 1. The molecule has 0 radical (unpaired) electrons. The fraction of sp³-hybridized carbons (Fsp3) is 0.688. The normalized spacial score (nSPS) is 18.6. The van der Waals surface area contributed by atoms with Crippen molar-refractivity contribution in [3.05, 3.63) is 23.5 Å². The van der Waals surface area contributed by atoms with Gasteiger partial charge in [0.2, 0.25) is 0 Å². The Morgan fingerprint density at radius 3 is 2.35 bits per heavy atom. The predicted octanol–water partition coefficient (Wildman–Crippen LogP) is 2.66. The number of aromatic nitrogens is 1. The van der Waals surface area contributed by atoms with Gasteiger partial charge in [-0.25, -0.2) is 0 Å². The topological polar surface area (TPSA) is 28.6 Å². The molecule has 1 fully saturated rings. The van der Waals surface area contributed by atoms with Gasteiger partial charge in [-0.2, -0.15) is 0 Å². The molecule has 0 N–H and O–H groups in total. The molecule has 0 spiro atoms. The molecule has 1 aliphatic heterocycles. The van der Waals surface area contributed by atoms with E-state index in [9.17, 15) is 0 Å². The van der Waals surface area contributed by atoms with Gasteiger partial charge in [-0.05, 0) is 31.5 Å². The van der Waals surface area contributed by atoms with E-state index in [1.807, 2.05) is 6.20 Å². The third-order valence-corrected chi connectivity index (χ3v) is 4.16. The number of ether oxygens (including phenoxy) is 1. The van der Waals surface area contributed by atoms with Crippen LogP contribution in [0.25, 0.3) is 0 Å². The Balaban J connectivity index is 2.25. The first-order valence-corrected chi connectivity index (χ1v) is 7.49. The molecule has 0 bridgehead atoms. The predicted molar refractivity (Wildman–Crippen MR) is 83.5 cm³/mol. The number of hydrogen-bond donors (Lipinski definition) is 0. The largest absolute Gasteiger partial charge is 0.375 e. The van der Waals surface area contributed by atoms with Crippen molar-refractivity contribution in [2.24, 2.45) is 0 Å². The zero-order valence-corrected chi connectivity index (χ0v) is 13.4. The van der Waals surface area contributed by atoms with Crippen molar-refractivity contribution in [2.75, 3.05) is 45.2 Å². The van der Waals surface area contributed by atoms with Gasteiger partial charge in [0.25, 0.3) is 0 Å². The highest BCUT2D eigenvalue weighted by Crippen LogP contribution is 2.29. The van der Waals surface area contributed by atoms with Gasteiger partial charge < -0.3 is 14.5 Å². The van der Waals surface area contributed by atoms with E-state index in [1.54, 1.807) is 7.11 Å². The second-order valence-electron chi connectivity index (χ2n) is 5.99. The first kappa shape index (κ1) is 15.3. The Bertz CT molecular complexity index is 439. The first-order chi connectivity index (χ1) is 9.52. The minimum Gasteiger partial charge on any atom is -0.375 e. The highest BCUT2D eigenvalue weighted by molar-refractivity contribution is 5.49. The molecule has 0 saturated carbocycles. The molecular weight excluding hydrogens is 250 g/mol. The second-order valence-corrected chi connectivity index (χ2v) is 5.99. The summed E-state index contributed by atoms with van der Waals surface area (Å²) in [4.78, 5) is 9.48. The maximum absolute atomic E-state index is 5.44. The van der Waals surface area contributed by atoms with E-state index >= 15 is 0 Å². The van der Waals surface area contributed by atoms with E-state index in [0.29, 0.717) is 5.92 Å². The molecule has 4 nitrogen and oxygen atoms in total. The van der Waals surface area contributed by atoms with Gasteiger partial charge in [-0.15, -0.1) is 0 Å². The van der Waals surface area contributed by atoms with Crippen LogP contribution in [0.15, 0.2) is 12.3 Å². The monoisotopic (exact) mass is 277 g/mol. The molecule has 2 rings (SSSR count). The van der Waals surface area contributed by atoms with Crippen LogP contribution in [0.1, 0.15) is 44.1 Å². The zero-order valence-electron chi connectivity index (χ0n) is 13.4. The molecule has 1 aliphatic rings. The fourth-order valence-corrected chi connectivity index (χ4v) is 2.63. The van der Waals surface area contributed by atoms with Gasteiger partial charge in [0.15, 0.2) is 0 Å². The number of anilines is 1. The number of likely N-dealkylation sites (N-methyl/N-ethyl adjacent to an activating group) is 1. The molecule has 4 heteroatoms. The lowest BCUT2D eigenvalue weighted by Gasteiger charge is -2.34. The minimum absolute atomic E-state index is 0.0499. The highest BCUT2D eigenvalue weighted by atomic mass is 16.5. The molecule has 0 aromatic carbocycles. The van der Waals surface area contributed by atoms with Crippen molar-refractivity contribution < 1.29 is 4.74 Å². The fourth-order valence-electron chi connectivity index (χ4n) is 2.63. The van der Waals surface area contributed by atoms with Crippen molar-refractivity contribution in [1.29, 1.82) is 0 Å². The van der Waals surface area contributed by atoms with E-state index in [0.717, 1.165) is 31.9 Å². The molecule has 0 aliphatic carbocycles. The van der Waals surface area contributed by atoms with Gasteiger partial charge in [0.1, 0.15) is 0 Å². The summed E-state index contributed by atoms with van der Waals surface area (Å²) in [5.41, 5.74) is 3.62. The van der Waals surface area contributed by atoms with Crippen LogP contribution in [0.2, 0.25) is 0 Å². The maximum Gasteiger partial charge on any atom is 0.0965 e. The summed E-state index contributed by atoms with van der Waals surface area (Å²) < 4.78 is 5.44. The second kappa shape index (κ2) is 6.55. The molecule has 0 amide bonds. The lowest BCUT2D eigenvalue weighted by molar-refractivity contribution is 0.115. The summed E-state index contributed by atoms with van der Waals surface area (Å²) in [5.74, 6) is 0.461. The van der Waals surface area contributed by atoms with Crippen LogP contribution in [0.5, 0.6) is 0 Å². The van der Waals surface area contributed by atoms with Crippen LogP contribution < -0.4 is 4.90 Å². The molecular formula is C16H27N3O. The van der Waals surface area contributed by atoms with Gasteiger partial charge in [0, 0.05) is 33.3 Å². The third-order valence-electron chi connectivity index (χ3n) is 4.16. The summed E-state index contributed by atoms with van der Waals surface area (Å²) in [6.45, 7) is 10.9. The summed E-state index contributed by atoms with van der Waals surface area (Å²) in [7, 11) is 3.92. The number of hydrogen-bond acceptors (Lipinski definition) is 4. The molecule has 1 aromatic rings. The van der Waals surface area contributed by atoms with Crippen LogP contribution in [0.3, 0.4) is 0 Å². The van der Waals surface area contributed by atoms with E-state index < -0.39 is 0 Å². The molecule has 1 aromatic heterocycles. The Morgan fingerprint density at radius 1 is 1.15 bits per heavy atom. The van der Waals surface area contributed by atoms with Gasteiger partial charge >= 0.3 is 0 Å². The zero-order chi connectivity index (χ0) is 14.7. The Morgan fingerprint density at radius 2 is 1.80 bits per heavy atom. The number of pyridine rings is 1. The number of nitrogens with zero attached hydrogens (tertiary/aromatic N) is 3. The molecule has 112 valence electrons. The molecule has 1 saturated heterocycles. The van der Waals surface area contributed by atoms with Crippen LogP contribution in [0.4, 0.5) is 5.69 Å². The average molecular weight is 277 g/mol. The average Bonchev–Trinajstić information content (AvgIpc) is 2.46. The summed E-state index contributed by atoms with van der Waals surface area (Å²) in [6.07, 6.45) is 2.05. The summed E-state index contributed by atoms with van der Waals surface area (Å²) in [6, 6.07) is 2.30. The van der Waals surface area contributed by atoms with Gasteiger partial charge in [0.05, 0.1) is 23.7 Å². The van der Waals surface area contributed by atoms with E-state index in [2.05, 4.69) is 48.7 Å². The van der Waals surface area contributed by atoms with E-state index in [-0.39, 0.29) is 6.10 Å². The van der Waals surface area contributed by atoms with Crippen LogP contribution in [-0.2, 0) is 4.74 Å². The van der Waals surface area contributed by atoms with Gasteiger partial charge in [-0.3, -0.25) is 4.98 Å². The SMILES string of the molecule is CO[C@@H](C)c1ncc(N2CCN(C)CC2)cc1C(C)C. The lowest BCUT2D eigenvalue weighted by atomic mass is 9.98. The van der Waals surface area contributed by atoms with Crippen molar-refractivity contribution >= 4 is 5.69 Å². The van der Waals surface area contributed by atoms with Crippen LogP contribution in [-0.4, -0.2) is 50.2 Å². The Kier molecular flexibility index (Phi) is 5.00. The lowest BCUT2D eigenvalue weighted by Crippen LogP contribution is -2.44. The van der Waals surface area contributed by atoms with Crippen molar-refractivity contribution in [1.82, 2.24) is 9.88 Å². The molecule has 1 atom stereocenters. The van der Waals surface area contributed by atoms with E-state index in [4.69, 9.17) is 4.74 Å². The smallest absolute Gasteiger partial charge is 0.0965 e. The number of methoxy groups -OCH3 is 1. The summed E-state index contributed by atoms with van der Waals surface area (Å²) >= 11 is 0. The molecule has 2 heterocycles.